The molecule has 3 rings (SSSR count). The first kappa shape index (κ1) is 14.8. The van der Waals surface area contributed by atoms with E-state index < -0.39 is 0 Å². The number of carbonyl (C=O) groups is 1. The first-order chi connectivity index (χ1) is 10.8. The Hall–Kier alpha value is -2.15. The number of carbonyl (C=O) groups excluding carboxylic acids is 1. The lowest BCUT2D eigenvalue weighted by molar-refractivity contribution is 0.166. The van der Waals surface area contributed by atoms with Crippen molar-refractivity contribution in [3.8, 4) is 0 Å². The number of rotatable bonds is 5. The zero-order chi connectivity index (χ0) is 15.4. The minimum Gasteiger partial charge on any atom is -0.381 e. The summed E-state index contributed by atoms with van der Waals surface area (Å²) in [6.45, 7) is 5.32. The van der Waals surface area contributed by atoms with Crippen LogP contribution in [0.4, 0.5) is 4.79 Å². The van der Waals surface area contributed by atoms with E-state index in [2.05, 4.69) is 15.5 Å². The topological polar surface area (TPSA) is 71.8 Å². The maximum absolute atomic E-state index is 12.3. The Kier molecular flexibility index (Phi) is 4.53. The molecule has 1 fully saturated rings. The molecule has 2 amide bonds. The average Bonchev–Trinajstić information content (AvgIpc) is 3.20. The molecule has 0 saturated carbocycles. The molecule has 1 aliphatic heterocycles. The summed E-state index contributed by atoms with van der Waals surface area (Å²) in [5, 5.41) is 11.1. The van der Waals surface area contributed by atoms with Crippen molar-refractivity contribution in [2.45, 2.75) is 19.9 Å². The summed E-state index contributed by atoms with van der Waals surface area (Å²) in [5.41, 5.74) is 0.780. The lowest BCUT2D eigenvalue weighted by atomic mass is 10.1. The van der Waals surface area contributed by atoms with Gasteiger partial charge in [0.1, 0.15) is 0 Å². The zero-order valence-corrected chi connectivity index (χ0v) is 12.7. The van der Waals surface area contributed by atoms with Crippen molar-refractivity contribution in [1.29, 1.82) is 0 Å². The quantitative estimate of drug-likeness (QED) is 0.903. The van der Waals surface area contributed by atoms with Gasteiger partial charge in [-0.05, 0) is 25.5 Å². The number of nitrogens with one attached hydrogen (secondary N) is 1. The van der Waals surface area contributed by atoms with Gasteiger partial charge in [-0.3, -0.25) is 4.40 Å². The standard InChI is InChI=1S/C15H21N5O2/c1-2-19(10-12-6-8-22-11-12)15(21)16-9-14-18-17-13-5-3-4-7-20(13)14/h3-5,7,12H,2,6,8-11H2,1H3,(H,16,21)/t12-/m1/s1. The number of hydrogen-bond donors (Lipinski definition) is 1. The molecule has 1 aliphatic rings. The van der Waals surface area contributed by atoms with Crippen LogP contribution in [0, 0.1) is 5.92 Å². The van der Waals surface area contributed by atoms with Crippen molar-refractivity contribution in [3.05, 3.63) is 30.2 Å². The second-order valence-corrected chi connectivity index (χ2v) is 5.47. The van der Waals surface area contributed by atoms with Gasteiger partial charge in [-0.15, -0.1) is 10.2 Å². The SMILES string of the molecule is CCN(C[C@H]1CCOC1)C(=O)NCc1nnc2ccccn12. The van der Waals surface area contributed by atoms with Crippen molar-refractivity contribution in [1.82, 2.24) is 24.8 Å². The predicted octanol–water partition coefficient (Wildman–Crippen LogP) is 1.30. The van der Waals surface area contributed by atoms with Gasteiger partial charge in [0.15, 0.2) is 11.5 Å². The predicted molar refractivity (Wildman–Crippen MR) is 81.4 cm³/mol. The Bertz CT molecular complexity index is 636. The Morgan fingerprint density at radius 2 is 2.41 bits per heavy atom. The van der Waals surface area contributed by atoms with Gasteiger partial charge in [-0.25, -0.2) is 4.79 Å². The molecule has 22 heavy (non-hydrogen) atoms. The fourth-order valence-corrected chi connectivity index (χ4v) is 2.67. The molecule has 0 spiro atoms. The van der Waals surface area contributed by atoms with Crippen molar-refractivity contribution >= 4 is 11.7 Å². The van der Waals surface area contributed by atoms with E-state index in [4.69, 9.17) is 4.74 Å². The smallest absolute Gasteiger partial charge is 0.317 e. The molecule has 0 unspecified atom stereocenters. The monoisotopic (exact) mass is 303 g/mol. The highest BCUT2D eigenvalue weighted by molar-refractivity contribution is 5.74. The van der Waals surface area contributed by atoms with Crippen LogP contribution in [0.5, 0.6) is 0 Å². The van der Waals surface area contributed by atoms with Gasteiger partial charge < -0.3 is 15.0 Å². The lowest BCUT2D eigenvalue weighted by Crippen LogP contribution is -2.42. The second-order valence-electron chi connectivity index (χ2n) is 5.47. The average molecular weight is 303 g/mol. The van der Waals surface area contributed by atoms with Crippen LogP contribution >= 0.6 is 0 Å². The molecular formula is C15H21N5O2. The maximum Gasteiger partial charge on any atom is 0.317 e. The zero-order valence-electron chi connectivity index (χ0n) is 12.7. The molecule has 7 heteroatoms. The van der Waals surface area contributed by atoms with Crippen LogP contribution < -0.4 is 5.32 Å². The molecule has 2 aromatic rings. The van der Waals surface area contributed by atoms with E-state index in [-0.39, 0.29) is 6.03 Å². The fraction of sp³-hybridized carbons (Fsp3) is 0.533. The normalized spacial score (nSPS) is 17.8. The van der Waals surface area contributed by atoms with Crippen LogP contribution in [0.15, 0.2) is 24.4 Å². The molecule has 0 bridgehead atoms. The number of nitrogens with zero attached hydrogens (tertiary/aromatic N) is 4. The second kappa shape index (κ2) is 6.74. The first-order valence-corrected chi connectivity index (χ1v) is 7.67. The van der Waals surface area contributed by atoms with Crippen LogP contribution in [0.1, 0.15) is 19.2 Å². The molecule has 1 N–H and O–H groups in total. The van der Waals surface area contributed by atoms with Gasteiger partial charge in [-0.1, -0.05) is 6.07 Å². The van der Waals surface area contributed by atoms with Crippen molar-refractivity contribution in [3.63, 3.8) is 0 Å². The number of hydrogen-bond acceptors (Lipinski definition) is 4. The van der Waals surface area contributed by atoms with Gasteiger partial charge in [-0.2, -0.15) is 0 Å². The molecule has 2 aromatic heterocycles. The summed E-state index contributed by atoms with van der Waals surface area (Å²) in [5.74, 6) is 1.17. The minimum absolute atomic E-state index is 0.0675. The minimum atomic E-state index is -0.0675. The third-order valence-electron chi connectivity index (χ3n) is 3.95. The highest BCUT2D eigenvalue weighted by atomic mass is 16.5. The highest BCUT2D eigenvalue weighted by Gasteiger charge is 2.21. The van der Waals surface area contributed by atoms with Gasteiger partial charge >= 0.3 is 6.03 Å². The van der Waals surface area contributed by atoms with E-state index >= 15 is 0 Å². The third kappa shape index (κ3) is 3.19. The van der Waals surface area contributed by atoms with Crippen molar-refractivity contribution < 1.29 is 9.53 Å². The summed E-state index contributed by atoms with van der Waals surface area (Å²) in [6, 6.07) is 5.65. The van der Waals surface area contributed by atoms with Gasteiger partial charge in [0.05, 0.1) is 13.2 Å². The van der Waals surface area contributed by atoms with Crippen LogP contribution in [-0.2, 0) is 11.3 Å². The van der Waals surface area contributed by atoms with Crippen LogP contribution in [0.3, 0.4) is 0 Å². The molecule has 7 nitrogen and oxygen atoms in total. The Morgan fingerprint density at radius 3 is 3.18 bits per heavy atom. The first-order valence-electron chi connectivity index (χ1n) is 7.67. The molecule has 0 aromatic carbocycles. The van der Waals surface area contributed by atoms with Crippen LogP contribution in [0.25, 0.3) is 5.65 Å². The van der Waals surface area contributed by atoms with Crippen molar-refractivity contribution in [2.24, 2.45) is 5.92 Å². The van der Waals surface area contributed by atoms with E-state index in [1.807, 2.05) is 40.6 Å². The maximum atomic E-state index is 12.3. The van der Waals surface area contributed by atoms with Crippen LogP contribution in [0.2, 0.25) is 0 Å². The van der Waals surface area contributed by atoms with E-state index in [1.165, 1.54) is 0 Å². The van der Waals surface area contributed by atoms with E-state index in [0.717, 1.165) is 37.7 Å². The summed E-state index contributed by atoms with van der Waals surface area (Å²) < 4.78 is 7.25. The summed E-state index contributed by atoms with van der Waals surface area (Å²) >= 11 is 0. The Labute approximate surface area is 129 Å². The van der Waals surface area contributed by atoms with E-state index in [9.17, 15) is 4.79 Å². The summed E-state index contributed by atoms with van der Waals surface area (Å²) in [7, 11) is 0. The van der Waals surface area contributed by atoms with Crippen molar-refractivity contribution in [2.75, 3.05) is 26.3 Å². The molecule has 3 heterocycles. The third-order valence-corrected chi connectivity index (χ3v) is 3.95. The van der Waals surface area contributed by atoms with Gasteiger partial charge in [0.25, 0.3) is 0 Å². The van der Waals surface area contributed by atoms with E-state index in [1.54, 1.807) is 0 Å². The molecule has 0 aliphatic carbocycles. The highest BCUT2D eigenvalue weighted by Crippen LogP contribution is 2.14. The number of fused-ring (bicyclic) bond motifs is 1. The summed E-state index contributed by atoms with van der Waals surface area (Å²) in [4.78, 5) is 14.1. The number of pyridine rings is 1. The number of urea groups is 1. The van der Waals surface area contributed by atoms with E-state index in [0.29, 0.717) is 19.0 Å². The van der Waals surface area contributed by atoms with Crippen LogP contribution in [-0.4, -0.2) is 51.8 Å². The summed E-state index contributed by atoms with van der Waals surface area (Å²) in [6.07, 6.45) is 2.92. The van der Waals surface area contributed by atoms with Gasteiger partial charge in [0, 0.05) is 31.8 Å². The Balaban J connectivity index is 1.58. The lowest BCUT2D eigenvalue weighted by Gasteiger charge is -2.23. The molecule has 1 saturated heterocycles. The fourth-order valence-electron chi connectivity index (χ4n) is 2.67. The molecule has 0 radical (unpaired) electrons. The van der Waals surface area contributed by atoms with Gasteiger partial charge in [0.2, 0.25) is 0 Å². The number of ether oxygens (including phenoxy) is 1. The molecular weight excluding hydrogens is 282 g/mol. The molecule has 118 valence electrons. The largest absolute Gasteiger partial charge is 0.381 e. The number of aromatic nitrogens is 3. The Morgan fingerprint density at radius 1 is 1.50 bits per heavy atom. The molecule has 1 atom stereocenters. The number of amides is 2.